The second kappa shape index (κ2) is 6.92. The van der Waals surface area contributed by atoms with Gasteiger partial charge in [0.15, 0.2) is 5.84 Å². The van der Waals surface area contributed by atoms with Gasteiger partial charge in [-0.05, 0) is 20.1 Å². The molecular formula is C11H20N4. The fourth-order valence-corrected chi connectivity index (χ4v) is 1.05. The first kappa shape index (κ1) is 13.5. The van der Waals surface area contributed by atoms with E-state index in [0.29, 0.717) is 11.5 Å². The zero-order valence-corrected chi connectivity index (χ0v) is 10.1. The summed E-state index contributed by atoms with van der Waals surface area (Å²) in [5.74, 6) is 1.44. The zero-order valence-electron chi connectivity index (χ0n) is 10.1. The summed E-state index contributed by atoms with van der Waals surface area (Å²) in [6.07, 6.45) is 1.09. The molecule has 0 amide bonds. The number of rotatable bonds is 4. The second-order valence-corrected chi connectivity index (χ2v) is 3.23. The topological polar surface area (TPSA) is 40.3 Å². The van der Waals surface area contributed by atoms with Crippen molar-refractivity contribution in [3.05, 3.63) is 12.3 Å². The van der Waals surface area contributed by atoms with Crippen LogP contribution in [0.25, 0.3) is 0 Å². The van der Waals surface area contributed by atoms with Crippen LogP contribution in [-0.4, -0.2) is 43.9 Å². The van der Waals surface area contributed by atoms with E-state index in [1.54, 1.807) is 7.05 Å². The molecule has 0 aromatic rings. The van der Waals surface area contributed by atoms with Gasteiger partial charge in [0.2, 0.25) is 0 Å². The summed E-state index contributed by atoms with van der Waals surface area (Å²) in [7, 11) is 3.67. The van der Waals surface area contributed by atoms with Crippen molar-refractivity contribution in [3.8, 4) is 0 Å². The summed E-state index contributed by atoms with van der Waals surface area (Å²) in [5.41, 5.74) is 0.502. The molecule has 0 unspecified atom stereocenters. The minimum atomic E-state index is 0.502. The van der Waals surface area contributed by atoms with Gasteiger partial charge in [-0.2, -0.15) is 0 Å². The molecule has 0 saturated heterocycles. The predicted octanol–water partition coefficient (Wildman–Crippen LogP) is 1.99. The Bertz CT molecular complexity index is 289. The van der Waals surface area contributed by atoms with Gasteiger partial charge in [-0.3, -0.25) is 9.98 Å². The van der Waals surface area contributed by atoms with Gasteiger partial charge in [0.25, 0.3) is 0 Å². The average Bonchev–Trinajstić information content (AvgIpc) is 2.24. The number of nitrogens with zero attached hydrogens (tertiary/aromatic N) is 4. The van der Waals surface area contributed by atoms with Gasteiger partial charge in [-0.25, -0.2) is 4.99 Å². The molecule has 0 aliphatic carbocycles. The van der Waals surface area contributed by atoms with Crippen LogP contribution in [0.3, 0.4) is 0 Å². The van der Waals surface area contributed by atoms with E-state index in [9.17, 15) is 0 Å². The molecule has 4 nitrogen and oxygen atoms in total. The van der Waals surface area contributed by atoms with Gasteiger partial charge in [0, 0.05) is 20.6 Å². The number of amidine groups is 2. The Labute approximate surface area is 92.1 Å². The van der Waals surface area contributed by atoms with Gasteiger partial charge in [0.1, 0.15) is 5.84 Å². The molecule has 4 heteroatoms. The molecule has 0 rings (SSSR count). The predicted molar refractivity (Wildman–Crippen MR) is 68.1 cm³/mol. The zero-order chi connectivity index (χ0) is 11.8. The average molecular weight is 208 g/mol. The van der Waals surface area contributed by atoms with Crippen molar-refractivity contribution in [1.29, 1.82) is 0 Å². The van der Waals surface area contributed by atoms with E-state index in [1.165, 1.54) is 0 Å². The summed E-state index contributed by atoms with van der Waals surface area (Å²) < 4.78 is 0. The van der Waals surface area contributed by atoms with Gasteiger partial charge in [-0.1, -0.05) is 13.5 Å². The lowest BCUT2D eigenvalue weighted by Gasteiger charge is -2.17. The highest BCUT2D eigenvalue weighted by atomic mass is 15.2. The van der Waals surface area contributed by atoms with Crippen LogP contribution in [0, 0.1) is 0 Å². The van der Waals surface area contributed by atoms with E-state index in [0.717, 1.165) is 18.8 Å². The van der Waals surface area contributed by atoms with Crippen LogP contribution in [0.5, 0.6) is 0 Å². The highest BCUT2D eigenvalue weighted by Crippen LogP contribution is 2.00. The molecule has 0 saturated carbocycles. The Morgan fingerprint density at radius 1 is 1.40 bits per heavy atom. The Hall–Kier alpha value is -1.45. The molecule has 0 aliphatic heterocycles. The first-order valence-corrected chi connectivity index (χ1v) is 4.96. The smallest absolute Gasteiger partial charge is 0.174 e. The molecule has 0 bridgehead atoms. The normalized spacial score (nSPS) is 12.5. The van der Waals surface area contributed by atoms with Crippen molar-refractivity contribution >= 4 is 18.4 Å². The van der Waals surface area contributed by atoms with E-state index >= 15 is 0 Å². The van der Waals surface area contributed by atoms with Gasteiger partial charge in [0.05, 0.1) is 5.70 Å². The largest absolute Gasteiger partial charge is 0.363 e. The van der Waals surface area contributed by atoms with Crippen molar-refractivity contribution in [1.82, 2.24) is 4.90 Å². The van der Waals surface area contributed by atoms with E-state index in [-0.39, 0.29) is 0 Å². The quantitative estimate of drug-likeness (QED) is 0.514. The van der Waals surface area contributed by atoms with E-state index in [2.05, 4.69) is 40.1 Å². The summed E-state index contributed by atoms with van der Waals surface area (Å²) >= 11 is 0. The minimum absolute atomic E-state index is 0.502. The number of hydrogen-bond acceptors (Lipinski definition) is 2. The summed E-state index contributed by atoms with van der Waals surface area (Å²) in [6.45, 7) is 12.2. The third kappa shape index (κ3) is 4.54. The molecular weight excluding hydrogens is 188 g/mol. The molecule has 0 spiro atoms. The van der Waals surface area contributed by atoms with Crippen LogP contribution in [0.15, 0.2) is 27.3 Å². The highest BCUT2D eigenvalue weighted by Gasteiger charge is 2.03. The monoisotopic (exact) mass is 208 g/mol. The van der Waals surface area contributed by atoms with Crippen LogP contribution in [0.2, 0.25) is 0 Å². The van der Waals surface area contributed by atoms with Crippen molar-refractivity contribution in [2.75, 3.05) is 20.6 Å². The van der Waals surface area contributed by atoms with Crippen LogP contribution >= 0.6 is 0 Å². The molecule has 0 fully saturated rings. The van der Waals surface area contributed by atoms with E-state index < -0.39 is 0 Å². The Balaban J connectivity index is 4.70. The van der Waals surface area contributed by atoms with Crippen molar-refractivity contribution in [2.24, 2.45) is 15.0 Å². The van der Waals surface area contributed by atoms with Crippen LogP contribution < -0.4 is 0 Å². The molecule has 0 aliphatic rings. The Morgan fingerprint density at radius 2 is 2.00 bits per heavy atom. The summed E-state index contributed by atoms with van der Waals surface area (Å²) in [4.78, 5) is 14.1. The molecule has 84 valence electrons. The van der Waals surface area contributed by atoms with Gasteiger partial charge in [-0.15, -0.1) is 0 Å². The van der Waals surface area contributed by atoms with E-state index in [4.69, 9.17) is 0 Å². The second-order valence-electron chi connectivity index (χ2n) is 3.23. The third-order valence-electron chi connectivity index (χ3n) is 2.04. The Kier molecular flexibility index (Phi) is 6.25. The third-order valence-corrected chi connectivity index (χ3v) is 2.04. The molecule has 0 N–H and O–H groups in total. The fourth-order valence-electron chi connectivity index (χ4n) is 1.05. The lowest BCUT2D eigenvalue weighted by molar-refractivity contribution is 0.499. The molecule has 15 heavy (non-hydrogen) atoms. The SMILES string of the molecule is C=NC(=C)C(=NC)N=C(C)N(C)CCC. The fraction of sp³-hybridized carbons (Fsp3) is 0.545. The van der Waals surface area contributed by atoms with Crippen LogP contribution in [0.1, 0.15) is 20.3 Å². The van der Waals surface area contributed by atoms with E-state index in [1.807, 2.05) is 14.0 Å². The molecule has 0 aromatic carbocycles. The lowest BCUT2D eigenvalue weighted by atomic mass is 10.4. The van der Waals surface area contributed by atoms with Crippen molar-refractivity contribution in [2.45, 2.75) is 20.3 Å². The highest BCUT2D eigenvalue weighted by molar-refractivity contribution is 6.05. The maximum Gasteiger partial charge on any atom is 0.174 e. The first-order chi connectivity index (χ1) is 7.06. The molecule has 0 heterocycles. The summed E-state index contributed by atoms with van der Waals surface area (Å²) in [6, 6.07) is 0. The molecule has 0 aromatic heterocycles. The Morgan fingerprint density at radius 3 is 2.40 bits per heavy atom. The van der Waals surface area contributed by atoms with Crippen LogP contribution in [-0.2, 0) is 0 Å². The molecule has 0 radical (unpaired) electrons. The minimum Gasteiger partial charge on any atom is -0.363 e. The van der Waals surface area contributed by atoms with Crippen molar-refractivity contribution < 1.29 is 0 Å². The standard InChI is InChI=1S/C11H20N4/c1-7-8-15(6)10(3)14-11(13-5)9(2)12-4/h2,4,7-8H2,1,3,5-6H3. The number of aliphatic imine (C=N–C) groups is 3. The maximum absolute atomic E-state index is 4.34. The lowest BCUT2D eigenvalue weighted by Crippen LogP contribution is -2.26. The van der Waals surface area contributed by atoms with Gasteiger partial charge < -0.3 is 4.90 Å². The molecule has 0 atom stereocenters. The van der Waals surface area contributed by atoms with Crippen molar-refractivity contribution in [3.63, 3.8) is 0 Å². The van der Waals surface area contributed by atoms with Gasteiger partial charge >= 0.3 is 0 Å². The van der Waals surface area contributed by atoms with Crippen LogP contribution in [0.4, 0.5) is 0 Å². The first-order valence-electron chi connectivity index (χ1n) is 4.96. The summed E-state index contributed by atoms with van der Waals surface area (Å²) in [5, 5.41) is 0. The maximum atomic E-state index is 4.34. The number of hydrogen-bond donors (Lipinski definition) is 0.